The number of amides is 1. The molecule has 5 nitrogen and oxygen atoms in total. The summed E-state index contributed by atoms with van der Waals surface area (Å²) in [6.45, 7) is 1.79. The molecule has 1 heterocycles. The van der Waals surface area contributed by atoms with E-state index in [0.717, 1.165) is 0 Å². The monoisotopic (exact) mass is 262 g/mol. The van der Waals surface area contributed by atoms with Gasteiger partial charge in [0.15, 0.2) is 0 Å². The van der Waals surface area contributed by atoms with Gasteiger partial charge in [-0.15, -0.1) is 0 Å². The summed E-state index contributed by atoms with van der Waals surface area (Å²) >= 11 is 0. The van der Waals surface area contributed by atoms with Gasteiger partial charge < -0.3 is 5.32 Å². The molecular formula is C10H13F3N4O. The summed E-state index contributed by atoms with van der Waals surface area (Å²) in [4.78, 5) is 19.2. The Bertz CT molecular complexity index is 413. The standard InChI is InChI=1S/C10H13F3N4O/c1-6-3-7(2)16-9(15-6)17-8(18)4-14-5-10(11,12)13/h3,14H,4-5H2,1-2H3,(H,15,16,17,18). The van der Waals surface area contributed by atoms with E-state index in [1.165, 1.54) is 0 Å². The number of halogens is 3. The number of rotatable bonds is 4. The molecule has 0 radical (unpaired) electrons. The Morgan fingerprint density at radius 3 is 2.33 bits per heavy atom. The Morgan fingerprint density at radius 1 is 1.28 bits per heavy atom. The van der Waals surface area contributed by atoms with Gasteiger partial charge >= 0.3 is 6.18 Å². The lowest BCUT2D eigenvalue weighted by molar-refractivity contribution is -0.126. The quantitative estimate of drug-likeness (QED) is 0.855. The summed E-state index contributed by atoms with van der Waals surface area (Å²) < 4.78 is 35.5. The van der Waals surface area contributed by atoms with Gasteiger partial charge in [0, 0.05) is 11.4 Å². The summed E-state index contributed by atoms with van der Waals surface area (Å²) in [5, 5.41) is 4.30. The van der Waals surface area contributed by atoms with Crippen LogP contribution in [0, 0.1) is 13.8 Å². The van der Waals surface area contributed by atoms with Crippen molar-refractivity contribution in [2.24, 2.45) is 0 Å². The van der Waals surface area contributed by atoms with E-state index in [9.17, 15) is 18.0 Å². The normalized spacial score (nSPS) is 11.4. The highest BCUT2D eigenvalue weighted by Gasteiger charge is 2.26. The molecule has 0 spiro atoms. The van der Waals surface area contributed by atoms with Crippen LogP contribution in [-0.4, -0.2) is 35.1 Å². The third-order valence-corrected chi connectivity index (χ3v) is 1.84. The first-order valence-corrected chi connectivity index (χ1v) is 5.16. The molecule has 0 saturated heterocycles. The van der Waals surface area contributed by atoms with Crippen LogP contribution >= 0.6 is 0 Å². The van der Waals surface area contributed by atoms with Crippen LogP contribution in [0.15, 0.2) is 6.07 Å². The maximum Gasteiger partial charge on any atom is 0.401 e. The van der Waals surface area contributed by atoms with E-state index in [1.807, 2.05) is 5.32 Å². The van der Waals surface area contributed by atoms with Crippen LogP contribution in [0.2, 0.25) is 0 Å². The van der Waals surface area contributed by atoms with Gasteiger partial charge in [-0.3, -0.25) is 10.1 Å². The van der Waals surface area contributed by atoms with Crippen LogP contribution in [0.25, 0.3) is 0 Å². The van der Waals surface area contributed by atoms with Gasteiger partial charge in [0.05, 0.1) is 13.1 Å². The summed E-state index contributed by atoms with van der Waals surface area (Å²) in [7, 11) is 0. The highest BCUT2D eigenvalue weighted by molar-refractivity contribution is 5.90. The predicted molar refractivity (Wildman–Crippen MR) is 59.1 cm³/mol. The molecule has 0 atom stereocenters. The van der Waals surface area contributed by atoms with E-state index in [0.29, 0.717) is 11.4 Å². The number of nitrogens with one attached hydrogen (secondary N) is 2. The summed E-state index contributed by atoms with van der Waals surface area (Å²) in [6, 6.07) is 1.72. The number of carbonyl (C=O) groups is 1. The Balaban J connectivity index is 2.45. The van der Waals surface area contributed by atoms with Gasteiger partial charge in [-0.1, -0.05) is 0 Å². The molecule has 0 saturated carbocycles. The summed E-state index contributed by atoms with van der Waals surface area (Å²) in [5.74, 6) is -0.532. The molecule has 2 N–H and O–H groups in total. The van der Waals surface area contributed by atoms with Gasteiger partial charge in [-0.25, -0.2) is 9.97 Å². The van der Waals surface area contributed by atoms with Crippen molar-refractivity contribution in [2.45, 2.75) is 20.0 Å². The molecule has 0 aliphatic rings. The third kappa shape index (κ3) is 5.58. The molecule has 0 unspecified atom stereocenters. The van der Waals surface area contributed by atoms with Crippen molar-refractivity contribution in [1.29, 1.82) is 0 Å². The lowest BCUT2D eigenvalue weighted by Crippen LogP contribution is -2.35. The molecule has 0 bridgehead atoms. The Morgan fingerprint density at radius 2 is 1.83 bits per heavy atom. The Hall–Kier alpha value is -1.70. The largest absolute Gasteiger partial charge is 0.401 e. The maximum atomic E-state index is 11.8. The Kier molecular flexibility index (Phi) is 4.60. The zero-order chi connectivity index (χ0) is 13.8. The zero-order valence-corrected chi connectivity index (χ0v) is 9.93. The number of hydrogen-bond acceptors (Lipinski definition) is 4. The van der Waals surface area contributed by atoms with E-state index in [4.69, 9.17) is 0 Å². The number of nitrogens with zero attached hydrogens (tertiary/aromatic N) is 2. The minimum atomic E-state index is -4.34. The highest BCUT2D eigenvalue weighted by atomic mass is 19.4. The topological polar surface area (TPSA) is 66.9 Å². The SMILES string of the molecule is Cc1cc(C)nc(NC(=O)CNCC(F)(F)F)n1. The first-order chi connectivity index (χ1) is 8.26. The van der Waals surface area contributed by atoms with Crippen molar-refractivity contribution in [1.82, 2.24) is 15.3 Å². The first kappa shape index (κ1) is 14.4. The van der Waals surface area contributed by atoms with Crippen LogP contribution in [0.5, 0.6) is 0 Å². The van der Waals surface area contributed by atoms with Crippen LogP contribution in [0.4, 0.5) is 19.1 Å². The molecule has 1 aromatic rings. The second-order valence-corrected chi connectivity index (χ2v) is 3.74. The van der Waals surface area contributed by atoms with Crippen molar-refractivity contribution >= 4 is 11.9 Å². The summed E-state index contributed by atoms with van der Waals surface area (Å²) in [5.41, 5.74) is 1.34. The molecule has 100 valence electrons. The van der Waals surface area contributed by atoms with Crippen LogP contribution in [0.3, 0.4) is 0 Å². The number of aromatic nitrogens is 2. The van der Waals surface area contributed by atoms with Crippen LogP contribution in [-0.2, 0) is 4.79 Å². The van der Waals surface area contributed by atoms with Gasteiger partial charge in [0.1, 0.15) is 0 Å². The van der Waals surface area contributed by atoms with E-state index < -0.39 is 25.2 Å². The molecule has 1 aromatic heterocycles. The van der Waals surface area contributed by atoms with Crippen LogP contribution < -0.4 is 10.6 Å². The molecule has 1 rings (SSSR count). The van der Waals surface area contributed by atoms with Crippen molar-refractivity contribution in [3.05, 3.63) is 17.5 Å². The number of aryl methyl sites for hydroxylation is 2. The number of carbonyl (C=O) groups excluding carboxylic acids is 1. The molecule has 8 heteroatoms. The fraction of sp³-hybridized carbons (Fsp3) is 0.500. The molecule has 0 fully saturated rings. The zero-order valence-electron chi connectivity index (χ0n) is 9.93. The molecular weight excluding hydrogens is 249 g/mol. The fourth-order valence-corrected chi connectivity index (χ4v) is 1.27. The average Bonchev–Trinajstić information content (AvgIpc) is 2.12. The molecule has 0 aliphatic carbocycles. The molecule has 0 aliphatic heterocycles. The van der Waals surface area contributed by atoms with E-state index >= 15 is 0 Å². The average molecular weight is 262 g/mol. The van der Waals surface area contributed by atoms with Gasteiger partial charge in [-0.05, 0) is 19.9 Å². The first-order valence-electron chi connectivity index (χ1n) is 5.16. The number of hydrogen-bond donors (Lipinski definition) is 2. The van der Waals surface area contributed by atoms with Crippen molar-refractivity contribution in [3.8, 4) is 0 Å². The minimum absolute atomic E-state index is 0.0892. The third-order valence-electron chi connectivity index (χ3n) is 1.84. The van der Waals surface area contributed by atoms with E-state index in [-0.39, 0.29) is 5.95 Å². The van der Waals surface area contributed by atoms with E-state index in [1.54, 1.807) is 19.9 Å². The molecule has 18 heavy (non-hydrogen) atoms. The van der Waals surface area contributed by atoms with Crippen molar-refractivity contribution in [2.75, 3.05) is 18.4 Å². The van der Waals surface area contributed by atoms with Gasteiger partial charge in [0.25, 0.3) is 0 Å². The fourth-order valence-electron chi connectivity index (χ4n) is 1.27. The second-order valence-electron chi connectivity index (χ2n) is 3.74. The van der Waals surface area contributed by atoms with Crippen molar-refractivity contribution in [3.63, 3.8) is 0 Å². The second kappa shape index (κ2) is 5.76. The van der Waals surface area contributed by atoms with E-state index in [2.05, 4.69) is 15.3 Å². The molecule has 0 aromatic carbocycles. The number of anilines is 1. The maximum absolute atomic E-state index is 11.8. The smallest absolute Gasteiger partial charge is 0.300 e. The number of alkyl halides is 3. The predicted octanol–water partition coefficient (Wildman–Crippen LogP) is 1.18. The van der Waals surface area contributed by atoms with Gasteiger partial charge in [-0.2, -0.15) is 13.2 Å². The lowest BCUT2D eigenvalue weighted by atomic mass is 10.4. The van der Waals surface area contributed by atoms with Gasteiger partial charge in [0.2, 0.25) is 11.9 Å². The Labute approximate surface area is 102 Å². The summed E-state index contributed by atoms with van der Waals surface area (Å²) in [6.07, 6.45) is -4.34. The van der Waals surface area contributed by atoms with Crippen LogP contribution in [0.1, 0.15) is 11.4 Å². The molecule has 1 amide bonds. The highest BCUT2D eigenvalue weighted by Crippen LogP contribution is 2.11. The lowest BCUT2D eigenvalue weighted by Gasteiger charge is -2.08. The van der Waals surface area contributed by atoms with Crippen molar-refractivity contribution < 1.29 is 18.0 Å². The minimum Gasteiger partial charge on any atom is -0.300 e.